The number of esters is 1. The minimum absolute atomic E-state index is 0.158. The molecule has 3 aromatic rings. The van der Waals surface area contributed by atoms with Crippen molar-refractivity contribution in [1.82, 2.24) is 4.90 Å². The Morgan fingerprint density at radius 1 is 0.973 bits per heavy atom. The van der Waals surface area contributed by atoms with E-state index in [1.807, 2.05) is 12.1 Å². The van der Waals surface area contributed by atoms with Crippen LogP contribution in [0.15, 0.2) is 54.6 Å². The summed E-state index contributed by atoms with van der Waals surface area (Å²) in [6, 6.07) is 14.9. The van der Waals surface area contributed by atoms with Gasteiger partial charge in [0.25, 0.3) is 5.91 Å². The van der Waals surface area contributed by atoms with Crippen molar-refractivity contribution in [3.63, 3.8) is 0 Å². The van der Waals surface area contributed by atoms with E-state index < -0.39 is 12.0 Å². The lowest BCUT2D eigenvalue weighted by Crippen LogP contribution is -2.42. The van der Waals surface area contributed by atoms with Crippen molar-refractivity contribution in [3.8, 4) is 17.2 Å². The number of halogens is 2. The Hall–Kier alpha value is -3.42. The Morgan fingerprint density at radius 3 is 2.35 bits per heavy atom. The van der Waals surface area contributed by atoms with Gasteiger partial charge in [0.1, 0.15) is 12.4 Å². The minimum atomic E-state index is -0.448. The average molecular weight is 544 g/mol. The first-order chi connectivity index (χ1) is 17.9. The maximum Gasteiger partial charge on any atom is 0.338 e. The summed E-state index contributed by atoms with van der Waals surface area (Å²) in [5.74, 6) is 1.08. The van der Waals surface area contributed by atoms with Gasteiger partial charge < -0.3 is 23.8 Å². The Bertz CT molecular complexity index is 1290. The number of ether oxygens (including phenoxy) is 4. The summed E-state index contributed by atoms with van der Waals surface area (Å²) in [6.45, 7) is 2.66. The maximum absolute atomic E-state index is 13.7. The van der Waals surface area contributed by atoms with E-state index in [9.17, 15) is 9.59 Å². The summed E-state index contributed by atoms with van der Waals surface area (Å²) in [4.78, 5) is 27.4. The largest absolute Gasteiger partial charge is 0.493 e. The highest BCUT2D eigenvalue weighted by atomic mass is 35.5. The lowest BCUT2D eigenvalue weighted by Gasteiger charge is -2.38. The first-order valence-corrected chi connectivity index (χ1v) is 12.5. The van der Waals surface area contributed by atoms with Crippen molar-refractivity contribution < 1.29 is 28.5 Å². The van der Waals surface area contributed by atoms with E-state index >= 15 is 0 Å². The normalized spacial score (nSPS) is 14.5. The third kappa shape index (κ3) is 5.78. The summed E-state index contributed by atoms with van der Waals surface area (Å²) in [5.41, 5.74) is 2.67. The number of benzene rings is 3. The molecule has 0 N–H and O–H groups in total. The molecule has 1 unspecified atom stereocenters. The summed E-state index contributed by atoms with van der Waals surface area (Å²) >= 11 is 12.5. The van der Waals surface area contributed by atoms with Crippen LogP contribution in [-0.4, -0.2) is 50.8 Å². The first kappa shape index (κ1) is 26.6. The fourth-order valence-corrected chi connectivity index (χ4v) is 4.71. The van der Waals surface area contributed by atoms with E-state index in [0.29, 0.717) is 58.0 Å². The Morgan fingerprint density at radius 2 is 1.68 bits per heavy atom. The molecule has 0 fully saturated rings. The molecule has 9 heteroatoms. The third-order valence-corrected chi connectivity index (χ3v) is 6.76. The molecule has 1 amide bonds. The summed E-state index contributed by atoms with van der Waals surface area (Å²) in [7, 11) is 3.16. The molecule has 0 radical (unpaired) electrons. The molecule has 1 heterocycles. The quantitative estimate of drug-likeness (QED) is 0.324. The lowest BCUT2D eigenvalue weighted by atomic mass is 9.91. The highest BCUT2D eigenvalue weighted by Crippen LogP contribution is 2.39. The van der Waals surface area contributed by atoms with E-state index in [2.05, 4.69) is 0 Å². The Balaban J connectivity index is 1.67. The van der Waals surface area contributed by atoms with Crippen LogP contribution in [0.5, 0.6) is 17.2 Å². The molecule has 37 heavy (non-hydrogen) atoms. The van der Waals surface area contributed by atoms with Crippen LogP contribution in [0.4, 0.5) is 0 Å². The van der Waals surface area contributed by atoms with E-state index in [0.717, 1.165) is 11.1 Å². The molecule has 0 bridgehead atoms. The second kappa shape index (κ2) is 11.8. The second-order valence-electron chi connectivity index (χ2n) is 8.35. The fraction of sp³-hybridized carbons (Fsp3) is 0.286. The predicted molar refractivity (Wildman–Crippen MR) is 141 cm³/mol. The number of carbonyl (C=O) groups is 2. The highest BCUT2D eigenvalue weighted by Gasteiger charge is 2.34. The van der Waals surface area contributed by atoms with Crippen molar-refractivity contribution in [2.75, 3.05) is 34.0 Å². The number of hydrogen-bond acceptors (Lipinski definition) is 6. The van der Waals surface area contributed by atoms with Gasteiger partial charge in [0.2, 0.25) is 0 Å². The van der Waals surface area contributed by atoms with Crippen LogP contribution in [0.1, 0.15) is 44.8 Å². The number of nitrogens with zero attached hydrogens (tertiary/aromatic N) is 1. The number of hydrogen-bond donors (Lipinski definition) is 0. The van der Waals surface area contributed by atoms with Crippen LogP contribution in [-0.2, 0) is 11.2 Å². The molecular formula is C28H27Cl2NO6. The van der Waals surface area contributed by atoms with Gasteiger partial charge in [-0.15, -0.1) is 0 Å². The standard InChI is InChI=1S/C28H27Cl2NO6/c1-4-36-28(33)17-5-8-20(9-6-17)37-16-24-21-15-26(35-3)25(34-2)13-18(21)11-12-31(24)27(32)22-14-19(29)7-10-23(22)30/h5-10,13-15,24H,4,11-12,16H2,1-3H3. The molecule has 1 aliphatic heterocycles. The van der Waals surface area contributed by atoms with Gasteiger partial charge in [-0.1, -0.05) is 23.2 Å². The van der Waals surface area contributed by atoms with Gasteiger partial charge in [-0.05, 0) is 79.1 Å². The highest BCUT2D eigenvalue weighted by molar-refractivity contribution is 6.35. The number of fused-ring (bicyclic) bond motifs is 1. The molecule has 1 atom stereocenters. The fourth-order valence-electron chi connectivity index (χ4n) is 4.34. The van der Waals surface area contributed by atoms with Crippen molar-refractivity contribution in [2.45, 2.75) is 19.4 Å². The molecule has 0 aromatic heterocycles. The zero-order valence-electron chi connectivity index (χ0n) is 20.8. The van der Waals surface area contributed by atoms with Crippen LogP contribution >= 0.6 is 23.2 Å². The Labute approximate surface area is 225 Å². The van der Waals surface area contributed by atoms with Gasteiger partial charge in [0, 0.05) is 11.6 Å². The van der Waals surface area contributed by atoms with E-state index in [4.69, 9.17) is 42.1 Å². The minimum Gasteiger partial charge on any atom is -0.493 e. The van der Waals surface area contributed by atoms with Crippen molar-refractivity contribution in [3.05, 3.63) is 86.9 Å². The monoisotopic (exact) mass is 543 g/mol. The smallest absolute Gasteiger partial charge is 0.338 e. The van der Waals surface area contributed by atoms with Crippen LogP contribution < -0.4 is 14.2 Å². The maximum atomic E-state index is 13.7. The second-order valence-corrected chi connectivity index (χ2v) is 9.19. The number of methoxy groups -OCH3 is 2. The number of rotatable bonds is 8. The topological polar surface area (TPSA) is 74.3 Å². The van der Waals surface area contributed by atoms with Crippen LogP contribution in [0.2, 0.25) is 10.0 Å². The van der Waals surface area contributed by atoms with Crippen molar-refractivity contribution >= 4 is 35.1 Å². The van der Waals surface area contributed by atoms with E-state index in [-0.39, 0.29) is 12.5 Å². The molecule has 0 saturated carbocycles. The van der Waals surface area contributed by atoms with Gasteiger partial charge in [-0.2, -0.15) is 0 Å². The molecule has 194 valence electrons. The van der Waals surface area contributed by atoms with Crippen molar-refractivity contribution in [1.29, 1.82) is 0 Å². The van der Waals surface area contributed by atoms with E-state index in [1.165, 1.54) is 0 Å². The van der Waals surface area contributed by atoms with Crippen molar-refractivity contribution in [2.24, 2.45) is 0 Å². The van der Waals surface area contributed by atoms with Crippen LogP contribution in [0, 0.1) is 0 Å². The number of amides is 1. The molecule has 0 spiro atoms. The molecule has 3 aromatic carbocycles. The van der Waals surface area contributed by atoms with Gasteiger partial charge in [-0.3, -0.25) is 4.79 Å². The van der Waals surface area contributed by atoms with Gasteiger partial charge >= 0.3 is 5.97 Å². The molecule has 7 nitrogen and oxygen atoms in total. The van der Waals surface area contributed by atoms with Gasteiger partial charge in [-0.25, -0.2) is 4.79 Å². The SMILES string of the molecule is CCOC(=O)c1ccc(OCC2c3cc(OC)c(OC)cc3CCN2C(=O)c2cc(Cl)ccc2Cl)cc1. The third-order valence-electron chi connectivity index (χ3n) is 6.20. The molecule has 0 aliphatic carbocycles. The first-order valence-electron chi connectivity index (χ1n) is 11.8. The van der Waals surface area contributed by atoms with Crippen LogP contribution in [0.25, 0.3) is 0 Å². The zero-order chi connectivity index (χ0) is 26.5. The lowest BCUT2D eigenvalue weighted by molar-refractivity contribution is 0.0524. The zero-order valence-corrected chi connectivity index (χ0v) is 22.3. The van der Waals surface area contributed by atoms with E-state index in [1.54, 1.807) is 68.5 Å². The van der Waals surface area contributed by atoms with Gasteiger partial charge in [0.15, 0.2) is 11.5 Å². The summed E-state index contributed by atoms with van der Waals surface area (Å²) < 4.78 is 22.2. The predicted octanol–water partition coefficient (Wildman–Crippen LogP) is 6.01. The summed E-state index contributed by atoms with van der Waals surface area (Å²) in [5, 5.41) is 0.743. The number of carbonyl (C=O) groups excluding carboxylic acids is 2. The average Bonchev–Trinajstić information content (AvgIpc) is 2.92. The van der Waals surface area contributed by atoms with Gasteiger partial charge in [0.05, 0.1) is 43.0 Å². The van der Waals surface area contributed by atoms with Crippen LogP contribution in [0.3, 0.4) is 0 Å². The molecule has 1 aliphatic rings. The summed E-state index contributed by atoms with van der Waals surface area (Å²) in [6.07, 6.45) is 0.615. The Kier molecular flexibility index (Phi) is 8.46. The molecular weight excluding hydrogens is 517 g/mol. The molecule has 4 rings (SSSR count). The molecule has 0 saturated heterocycles.